The first-order valence-electron chi connectivity index (χ1n) is 6.01. The largest absolute Gasteiger partial charge is 0.464 e. The number of rotatable bonds is 8. The van der Waals surface area contributed by atoms with Gasteiger partial charge >= 0.3 is 5.97 Å². The Kier molecular flexibility index (Phi) is 7.40. The molecule has 0 heterocycles. The molecule has 0 amide bonds. The highest BCUT2D eigenvalue weighted by Gasteiger charge is 2.02. The van der Waals surface area contributed by atoms with Crippen molar-refractivity contribution in [1.82, 2.24) is 5.32 Å². The van der Waals surface area contributed by atoms with E-state index in [1.54, 1.807) is 19.1 Å². The summed E-state index contributed by atoms with van der Waals surface area (Å²) in [6, 6.07) is 4.56. The van der Waals surface area contributed by atoms with E-state index >= 15 is 0 Å². The topological polar surface area (TPSA) is 47.6 Å². The van der Waals surface area contributed by atoms with Crippen molar-refractivity contribution < 1.29 is 18.7 Å². The summed E-state index contributed by atoms with van der Waals surface area (Å²) in [6.07, 6.45) is 0. The average Bonchev–Trinajstić information content (AvgIpc) is 2.38. The normalized spacial score (nSPS) is 10.5. The Morgan fingerprint density at radius 1 is 1.47 bits per heavy atom. The third-order valence-corrected chi connectivity index (χ3v) is 2.55. The van der Waals surface area contributed by atoms with E-state index in [1.165, 1.54) is 6.07 Å². The van der Waals surface area contributed by atoms with Crippen LogP contribution < -0.4 is 5.32 Å². The van der Waals surface area contributed by atoms with Crippen molar-refractivity contribution in [3.05, 3.63) is 34.6 Å². The number of esters is 1. The molecule has 0 bridgehead atoms. The minimum absolute atomic E-state index is 0.0438. The molecule has 0 radical (unpaired) electrons. The van der Waals surface area contributed by atoms with Gasteiger partial charge in [-0.25, -0.2) is 9.18 Å². The molecule has 1 aromatic rings. The zero-order chi connectivity index (χ0) is 14.1. The van der Waals surface area contributed by atoms with Gasteiger partial charge in [0.2, 0.25) is 0 Å². The molecule has 1 aromatic carbocycles. The van der Waals surface area contributed by atoms with E-state index in [0.29, 0.717) is 26.3 Å². The summed E-state index contributed by atoms with van der Waals surface area (Å²) >= 11 is 5.66. The third kappa shape index (κ3) is 6.52. The van der Waals surface area contributed by atoms with Crippen LogP contribution in [0.4, 0.5) is 4.39 Å². The number of hydrogen-bond acceptors (Lipinski definition) is 4. The number of halogens is 2. The minimum Gasteiger partial charge on any atom is -0.464 e. The number of nitrogens with one attached hydrogen (secondary N) is 1. The smallest absolute Gasteiger partial charge is 0.332 e. The Balaban J connectivity index is 2.10. The summed E-state index contributed by atoms with van der Waals surface area (Å²) in [4.78, 5) is 10.9. The van der Waals surface area contributed by atoms with Gasteiger partial charge in [-0.2, -0.15) is 0 Å². The van der Waals surface area contributed by atoms with E-state index in [4.69, 9.17) is 21.1 Å². The van der Waals surface area contributed by atoms with E-state index in [1.807, 2.05) is 0 Å². The molecule has 4 nitrogen and oxygen atoms in total. The Morgan fingerprint density at radius 3 is 2.95 bits per heavy atom. The van der Waals surface area contributed by atoms with Gasteiger partial charge in [0.15, 0.2) is 0 Å². The molecule has 6 heteroatoms. The Morgan fingerprint density at radius 2 is 2.26 bits per heavy atom. The van der Waals surface area contributed by atoms with Crippen LogP contribution in [0.5, 0.6) is 0 Å². The van der Waals surface area contributed by atoms with E-state index < -0.39 is 5.82 Å². The number of carbonyl (C=O) groups excluding carboxylic acids is 1. The quantitative estimate of drug-likeness (QED) is 0.588. The van der Waals surface area contributed by atoms with Gasteiger partial charge in [0.05, 0.1) is 18.2 Å². The van der Waals surface area contributed by atoms with Crippen LogP contribution in [-0.4, -0.2) is 32.3 Å². The monoisotopic (exact) mass is 289 g/mol. The van der Waals surface area contributed by atoms with Gasteiger partial charge in [0.25, 0.3) is 0 Å². The molecule has 0 fully saturated rings. The Labute approximate surface area is 116 Å². The van der Waals surface area contributed by atoms with Crippen molar-refractivity contribution in [1.29, 1.82) is 0 Å². The summed E-state index contributed by atoms with van der Waals surface area (Å²) in [7, 11) is 0. The molecule has 1 N–H and O–H groups in total. The average molecular weight is 290 g/mol. The Hall–Kier alpha value is -1.17. The molecule has 0 spiro atoms. The van der Waals surface area contributed by atoms with E-state index in [0.717, 1.165) is 5.56 Å². The van der Waals surface area contributed by atoms with Crippen LogP contribution in [0.2, 0.25) is 5.02 Å². The van der Waals surface area contributed by atoms with Gasteiger partial charge in [0.1, 0.15) is 12.4 Å². The summed E-state index contributed by atoms with van der Waals surface area (Å²) in [6.45, 7) is 3.59. The predicted octanol–water partition coefficient (Wildman–Crippen LogP) is 2.15. The number of ether oxygens (including phenoxy) is 2. The SMILES string of the molecule is CCOC(=O)COCCNCc1ccc(F)c(Cl)c1. The lowest BCUT2D eigenvalue weighted by atomic mass is 10.2. The molecule has 19 heavy (non-hydrogen) atoms. The van der Waals surface area contributed by atoms with Gasteiger partial charge in [-0.1, -0.05) is 17.7 Å². The molecule has 0 saturated carbocycles. The molecule has 0 atom stereocenters. The lowest BCUT2D eigenvalue weighted by Crippen LogP contribution is -2.21. The molecule has 0 aliphatic heterocycles. The predicted molar refractivity (Wildman–Crippen MR) is 70.6 cm³/mol. The second-order valence-corrected chi connectivity index (χ2v) is 4.19. The molecule has 0 aliphatic rings. The van der Waals surface area contributed by atoms with Crippen LogP contribution in [-0.2, 0) is 20.8 Å². The fourth-order valence-electron chi connectivity index (χ4n) is 1.38. The highest BCUT2D eigenvalue weighted by atomic mass is 35.5. The number of hydrogen-bond donors (Lipinski definition) is 1. The van der Waals surface area contributed by atoms with Crippen molar-refractivity contribution in [3.8, 4) is 0 Å². The van der Waals surface area contributed by atoms with E-state index in [9.17, 15) is 9.18 Å². The highest BCUT2D eigenvalue weighted by molar-refractivity contribution is 6.30. The maximum atomic E-state index is 12.9. The number of carbonyl (C=O) groups is 1. The zero-order valence-corrected chi connectivity index (χ0v) is 11.5. The van der Waals surface area contributed by atoms with Gasteiger partial charge in [-0.05, 0) is 24.6 Å². The second kappa shape index (κ2) is 8.85. The first-order valence-corrected chi connectivity index (χ1v) is 6.39. The van der Waals surface area contributed by atoms with Crippen LogP contribution in [0.25, 0.3) is 0 Å². The van der Waals surface area contributed by atoms with Crippen LogP contribution in [0.1, 0.15) is 12.5 Å². The molecule has 1 rings (SSSR count). The summed E-state index contributed by atoms with van der Waals surface area (Å²) < 4.78 is 22.7. The Bertz CT molecular complexity index is 415. The highest BCUT2D eigenvalue weighted by Crippen LogP contribution is 2.15. The third-order valence-electron chi connectivity index (χ3n) is 2.26. The fourth-order valence-corrected chi connectivity index (χ4v) is 1.59. The maximum Gasteiger partial charge on any atom is 0.332 e. The molecule has 0 unspecified atom stereocenters. The summed E-state index contributed by atoms with van der Waals surface area (Å²) in [5, 5.41) is 3.21. The molecular formula is C13H17ClFNO3. The minimum atomic E-state index is -0.428. The lowest BCUT2D eigenvalue weighted by molar-refractivity contribution is -0.148. The van der Waals surface area contributed by atoms with Crippen molar-refractivity contribution in [2.75, 3.05) is 26.4 Å². The molecule has 0 saturated heterocycles. The van der Waals surface area contributed by atoms with E-state index in [2.05, 4.69) is 5.32 Å². The first kappa shape index (κ1) is 15.9. The fraction of sp³-hybridized carbons (Fsp3) is 0.462. The van der Waals surface area contributed by atoms with Crippen molar-refractivity contribution >= 4 is 17.6 Å². The zero-order valence-electron chi connectivity index (χ0n) is 10.7. The summed E-state index contributed by atoms with van der Waals surface area (Å²) in [5.41, 5.74) is 0.886. The molecule has 0 aromatic heterocycles. The van der Waals surface area contributed by atoms with Crippen LogP contribution in [0.3, 0.4) is 0 Å². The van der Waals surface area contributed by atoms with Crippen molar-refractivity contribution in [2.45, 2.75) is 13.5 Å². The van der Waals surface area contributed by atoms with Gasteiger partial charge in [-0.3, -0.25) is 0 Å². The van der Waals surface area contributed by atoms with Crippen LogP contribution >= 0.6 is 11.6 Å². The summed E-state index contributed by atoms with van der Waals surface area (Å²) in [5.74, 6) is -0.795. The maximum absolute atomic E-state index is 12.9. The molecule has 106 valence electrons. The van der Waals surface area contributed by atoms with Crippen LogP contribution in [0.15, 0.2) is 18.2 Å². The molecular weight excluding hydrogens is 273 g/mol. The molecule has 0 aliphatic carbocycles. The van der Waals surface area contributed by atoms with Crippen molar-refractivity contribution in [3.63, 3.8) is 0 Å². The van der Waals surface area contributed by atoms with Gasteiger partial charge < -0.3 is 14.8 Å². The van der Waals surface area contributed by atoms with Gasteiger partial charge in [-0.15, -0.1) is 0 Å². The number of benzene rings is 1. The van der Waals surface area contributed by atoms with Crippen LogP contribution in [0, 0.1) is 5.82 Å². The van der Waals surface area contributed by atoms with Crippen molar-refractivity contribution in [2.24, 2.45) is 0 Å². The second-order valence-electron chi connectivity index (χ2n) is 3.78. The standard InChI is InChI=1S/C13H17ClFNO3/c1-2-19-13(17)9-18-6-5-16-8-10-3-4-12(15)11(14)7-10/h3-4,7,16H,2,5-6,8-9H2,1H3. The van der Waals surface area contributed by atoms with Gasteiger partial charge in [0, 0.05) is 13.1 Å². The van der Waals surface area contributed by atoms with E-state index in [-0.39, 0.29) is 17.6 Å². The lowest BCUT2D eigenvalue weighted by Gasteiger charge is -2.06. The first-order chi connectivity index (χ1) is 9.13.